The van der Waals surface area contributed by atoms with E-state index in [4.69, 9.17) is 15.7 Å². The van der Waals surface area contributed by atoms with Crippen LogP contribution in [0.15, 0.2) is 34.7 Å². The lowest BCUT2D eigenvalue weighted by Crippen LogP contribution is -2.19. The van der Waals surface area contributed by atoms with Crippen molar-refractivity contribution in [3.8, 4) is 0 Å². The van der Waals surface area contributed by atoms with Gasteiger partial charge >= 0.3 is 0 Å². The molecule has 0 heterocycles. The average molecular weight is 274 g/mol. The zero-order chi connectivity index (χ0) is 12.4. The van der Waals surface area contributed by atoms with Crippen LogP contribution in [0.4, 0.5) is 0 Å². The highest BCUT2D eigenvalue weighted by Gasteiger charge is 2.26. The number of rotatable bonds is 3. The molecule has 0 spiro atoms. The summed E-state index contributed by atoms with van der Waals surface area (Å²) >= 11 is 6.86. The first-order chi connectivity index (χ1) is 7.26. The van der Waals surface area contributed by atoms with Crippen LogP contribution in [-0.2, 0) is 0 Å². The molecule has 1 aromatic rings. The summed E-state index contributed by atoms with van der Waals surface area (Å²) in [4.78, 5) is 0. The number of benzene rings is 1. The van der Waals surface area contributed by atoms with Gasteiger partial charge in [-0.1, -0.05) is 75.1 Å². The molecule has 0 bridgehead atoms. The fourth-order valence-corrected chi connectivity index (χ4v) is 9.99. The summed E-state index contributed by atoms with van der Waals surface area (Å²) in [6, 6.07) is 10.4. The maximum absolute atomic E-state index is 6.86. The van der Waals surface area contributed by atoms with Crippen molar-refractivity contribution in [1.29, 1.82) is 0 Å². The van der Waals surface area contributed by atoms with E-state index < -0.39 is 14.6 Å². The predicted molar refractivity (Wildman–Crippen MR) is 79.8 cm³/mol. The van der Waals surface area contributed by atoms with E-state index in [1.807, 2.05) is 6.07 Å². The summed E-state index contributed by atoms with van der Waals surface area (Å²) in [7, 11) is -1.50. The van der Waals surface area contributed by atoms with Crippen LogP contribution in [0.5, 0.6) is 0 Å². The maximum Gasteiger partial charge on any atom is 0.172 e. The van der Waals surface area contributed by atoms with E-state index in [1.54, 1.807) is 0 Å². The molecule has 1 atom stereocenters. The molecule has 0 aliphatic carbocycles. The average Bonchev–Trinajstić information content (AvgIpc) is 2.16. The summed E-state index contributed by atoms with van der Waals surface area (Å²) in [5.41, 5.74) is 0.406. The standard InChI is InChI=1S/C12H21ClNPSi/c1-11(2)15(13,14-16(3,4)5)12-9-7-6-8-10-12/h6-11H,1-5H3. The van der Waals surface area contributed by atoms with Crippen molar-refractivity contribution < 1.29 is 0 Å². The molecule has 0 aliphatic heterocycles. The van der Waals surface area contributed by atoms with E-state index in [1.165, 1.54) is 5.30 Å². The second kappa shape index (κ2) is 5.08. The highest BCUT2D eigenvalue weighted by molar-refractivity contribution is 7.97. The Hall–Kier alpha value is -0.0431. The van der Waals surface area contributed by atoms with Crippen LogP contribution in [0.2, 0.25) is 19.6 Å². The molecule has 0 N–H and O–H groups in total. The summed E-state index contributed by atoms with van der Waals surface area (Å²) in [6.07, 6.45) is -1.86. The van der Waals surface area contributed by atoms with E-state index in [-0.39, 0.29) is 0 Å². The van der Waals surface area contributed by atoms with Gasteiger partial charge in [0.05, 0.1) is 6.41 Å². The summed E-state index contributed by atoms with van der Waals surface area (Å²) < 4.78 is 5.03. The SMILES string of the molecule is CC(C)P(Cl)(=N[Si](C)(C)C)c1ccccc1. The first-order valence-electron chi connectivity index (χ1n) is 5.64. The first-order valence-corrected chi connectivity index (χ1v) is 11.8. The third-order valence-corrected chi connectivity index (χ3v) is 10.6. The molecule has 90 valence electrons. The van der Waals surface area contributed by atoms with Crippen LogP contribution < -0.4 is 5.30 Å². The number of hydrogen-bond donors (Lipinski definition) is 0. The van der Waals surface area contributed by atoms with Gasteiger partial charge in [-0.05, 0) is 0 Å². The van der Waals surface area contributed by atoms with E-state index in [2.05, 4.69) is 57.8 Å². The summed E-state index contributed by atoms with van der Waals surface area (Å²) in [5.74, 6) is 0. The Bertz CT molecular complexity index is 395. The van der Waals surface area contributed by atoms with Crippen molar-refractivity contribution in [3.05, 3.63) is 30.3 Å². The van der Waals surface area contributed by atoms with Gasteiger partial charge in [-0.3, -0.25) is 0 Å². The molecular formula is C12H21ClNPSi. The largest absolute Gasteiger partial charge is 0.320 e. The van der Waals surface area contributed by atoms with E-state index >= 15 is 0 Å². The molecule has 4 heteroatoms. The van der Waals surface area contributed by atoms with Crippen LogP contribution in [0.3, 0.4) is 0 Å². The minimum atomic E-state index is -1.86. The second-order valence-electron chi connectivity index (χ2n) is 5.30. The topological polar surface area (TPSA) is 12.4 Å². The minimum absolute atomic E-state index is 0.406. The van der Waals surface area contributed by atoms with Crippen LogP contribution in [0.1, 0.15) is 13.8 Å². The second-order valence-corrected chi connectivity index (χ2v) is 14.7. The normalized spacial score (nSPS) is 15.9. The highest BCUT2D eigenvalue weighted by Crippen LogP contribution is 2.59. The fourth-order valence-electron chi connectivity index (χ4n) is 1.55. The van der Waals surface area contributed by atoms with Gasteiger partial charge in [0.2, 0.25) is 0 Å². The Morgan fingerprint density at radius 3 is 2.00 bits per heavy atom. The van der Waals surface area contributed by atoms with Crippen molar-refractivity contribution in [2.75, 3.05) is 0 Å². The van der Waals surface area contributed by atoms with Gasteiger partial charge in [0.15, 0.2) is 8.24 Å². The van der Waals surface area contributed by atoms with Gasteiger partial charge < -0.3 is 4.41 Å². The van der Waals surface area contributed by atoms with Gasteiger partial charge in [-0.2, -0.15) is 0 Å². The van der Waals surface area contributed by atoms with Crippen LogP contribution >= 0.6 is 17.6 Å². The molecule has 1 nitrogen and oxygen atoms in total. The number of hydrogen-bond acceptors (Lipinski definition) is 1. The number of halogens is 1. The third kappa shape index (κ3) is 3.48. The zero-order valence-corrected chi connectivity index (χ0v) is 13.4. The summed E-state index contributed by atoms with van der Waals surface area (Å²) in [5, 5.41) is 1.22. The quantitative estimate of drug-likeness (QED) is 0.548. The van der Waals surface area contributed by atoms with Crippen molar-refractivity contribution in [2.24, 2.45) is 4.41 Å². The minimum Gasteiger partial charge on any atom is -0.320 e. The molecule has 0 amide bonds. The zero-order valence-electron chi connectivity index (χ0n) is 10.7. The Kier molecular flexibility index (Phi) is 4.45. The Morgan fingerprint density at radius 1 is 1.12 bits per heavy atom. The van der Waals surface area contributed by atoms with Gasteiger partial charge in [-0.25, -0.2) is 0 Å². The fraction of sp³-hybridized carbons (Fsp3) is 0.500. The summed E-state index contributed by atoms with van der Waals surface area (Å²) in [6.45, 7) is 11.1. The Morgan fingerprint density at radius 2 is 1.62 bits per heavy atom. The lowest BCUT2D eigenvalue weighted by molar-refractivity contribution is 1.10. The molecule has 1 aromatic carbocycles. The van der Waals surface area contributed by atoms with Gasteiger partial charge in [-0.15, -0.1) is 0 Å². The smallest absolute Gasteiger partial charge is 0.172 e. The van der Waals surface area contributed by atoms with Crippen LogP contribution in [0, 0.1) is 0 Å². The molecule has 0 aromatic heterocycles. The molecule has 0 saturated carbocycles. The predicted octanol–water partition coefficient (Wildman–Crippen LogP) is 4.91. The third-order valence-electron chi connectivity index (χ3n) is 2.25. The lowest BCUT2D eigenvalue weighted by Gasteiger charge is -2.26. The molecule has 0 aliphatic rings. The van der Waals surface area contributed by atoms with Crippen molar-refractivity contribution in [2.45, 2.75) is 39.1 Å². The molecule has 16 heavy (non-hydrogen) atoms. The van der Waals surface area contributed by atoms with Crippen molar-refractivity contribution >= 4 is 31.2 Å². The van der Waals surface area contributed by atoms with Crippen molar-refractivity contribution in [3.63, 3.8) is 0 Å². The van der Waals surface area contributed by atoms with E-state index in [0.717, 1.165) is 0 Å². The van der Waals surface area contributed by atoms with E-state index in [9.17, 15) is 0 Å². The van der Waals surface area contributed by atoms with Gasteiger partial charge in [0.1, 0.15) is 0 Å². The number of nitrogens with zero attached hydrogens (tertiary/aromatic N) is 1. The molecule has 0 saturated heterocycles. The first kappa shape index (κ1) is 14.0. The van der Waals surface area contributed by atoms with E-state index in [0.29, 0.717) is 5.66 Å². The van der Waals surface area contributed by atoms with Gasteiger partial charge in [0, 0.05) is 11.0 Å². The monoisotopic (exact) mass is 273 g/mol. The van der Waals surface area contributed by atoms with Crippen molar-refractivity contribution in [1.82, 2.24) is 0 Å². The molecule has 1 unspecified atom stereocenters. The van der Waals surface area contributed by atoms with Gasteiger partial charge in [0.25, 0.3) is 0 Å². The Balaban J connectivity index is 3.35. The van der Waals surface area contributed by atoms with Crippen LogP contribution in [0.25, 0.3) is 0 Å². The molecule has 0 radical (unpaired) electrons. The molecule has 0 fully saturated rings. The Labute approximate surface area is 105 Å². The molecular weight excluding hydrogens is 253 g/mol. The highest BCUT2D eigenvalue weighted by atomic mass is 35.7. The maximum atomic E-state index is 6.86. The molecule has 1 rings (SSSR count). The van der Waals surface area contributed by atoms with Crippen LogP contribution in [-0.4, -0.2) is 13.9 Å². The lowest BCUT2D eigenvalue weighted by atomic mass is 10.4.